The van der Waals surface area contributed by atoms with Gasteiger partial charge in [0.25, 0.3) is 11.8 Å². The van der Waals surface area contributed by atoms with E-state index in [2.05, 4.69) is 10.4 Å². The number of carbonyl (C=O) groups excluding carboxylic acids is 2. The second-order valence-corrected chi connectivity index (χ2v) is 7.80. The van der Waals surface area contributed by atoms with E-state index in [1.807, 2.05) is 48.5 Å². The zero-order valence-electron chi connectivity index (χ0n) is 17.6. The Morgan fingerprint density at radius 3 is 2.44 bits per heavy atom. The number of anilines is 1. The molecule has 4 rings (SSSR count). The molecule has 160 valence electrons. The summed E-state index contributed by atoms with van der Waals surface area (Å²) in [5.41, 5.74) is 4.08. The first-order valence-electron chi connectivity index (χ1n) is 9.96. The highest BCUT2D eigenvalue weighted by atomic mass is 35.5. The molecule has 7 heteroatoms. The molecular weight excluding hydrogens is 424 g/mol. The Hall–Kier alpha value is -3.90. The van der Waals surface area contributed by atoms with Crippen molar-refractivity contribution in [3.8, 4) is 16.9 Å². The highest BCUT2D eigenvalue weighted by Gasteiger charge is 2.15. The van der Waals surface area contributed by atoms with Gasteiger partial charge in [-0.3, -0.25) is 9.59 Å². The minimum absolute atomic E-state index is 0.200. The molecule has 0 radical (unpaired) electrons. The minimum atomic E-state index is -0.289. The Balaban J connectivity index is 1.57. The maximum atomic E-state index is 12.9. The predicted molar refractivity (Wildman–Crippen MR) is 126 cm³/mol. The Kier molecular flexibility index (Phi) is 6.05. The van der Waals surface area contributed by atoms with Crippen molar-refractivity contribution in [2.24, 2.45) is 0 Å². The van der Waals surface area contributed by atoms with E-state index in [0.29, 0.717) is 16.8 Å². The number of aromatic nitrogens is 2. The molecule has 1 heterocycles. The van der Waals surface area contributed by atoms with E-state index in [1.54, 1.807) is 55.3 Å². The number of rotatable bonds is 5. The molecule has 0 fully saturated rings. The lowest BCUT2D eigenvalue weighted by Gasteiger charge is -2.13. The van der Waals surface area contributed by atoms with Crippen molar-refractivity contribution >= 4 is 29.1 Å². The molecule has 0 spiro atoms. The third-order valence-corrected chi connectivity index (χ3v) is 5.24. The third kappa shape index (κ3) is 4.40. The first-order valence-corrected chi connectivity index (χ1v) is 10.3. The zero-order chi connectivity index (χ0) is 22.7. The molecule has 1 aromatic heterocycles. The van der Waals surface area contributed by atoms with Gasteiger partial charge in [0.05, 0.1) is 28.2 Å². The van der Waals surface area contributed by atoms with Crippen molar-refractivity contribution < 1.29 is 9.59 Å². The summed E-state index contributed by atoms with van der Waals surface area (Å²) in [6, 6.07) is 23.9. The number of benzene rings is 3. The lowest BCUT2D eigenvalue weighted by Crippen LogP contribution is -2.22. The lowest BCUT2D eigenvalue weighted by atomic mass is 10.1. The van der Waals surface area contributed by atoms with E-state index >= 15 is 0 Å². The smallest absolute Gasteiger partial charge is 0.255 e. The number of amides is 2. The molecule has 6 nitrogen and oxygen atoms in total. The summed E-state index contributed by atoms with van der Waals surface area (Å²) in [4.78, 5) is 26.5. The predicted octanol–water partition coefficient (Wildman–Crippen LogP) is 5.15. The van der Waals surface area contributed by atoms with Crippen molar-refractivity contribution in [2.75, 3.05) is 19.4 Å². The van der Waals surface area contributed by atoms with Crippen LogP contribution in [0.4, 0.5) is 5.69 Å². The maximum Gasteiger partial charge on any atom is 0.255 e. The number of carbonyl (C=O) groups is 2. The Morgan fingerprint density at radius 1 is 0.938 bits per heavy atom. The topological polar surface area (TPSA) is 67.2 Å². The van der Waals surface area contributed by atoms with Crippen LogP contribution in [0.1, 0.15) is 20.7 Å². The molecule has 0 aliphatic rings. The fourth-order valence-corrected chi connectivity index (χ4v) is 3.59. The monoisotopic (exact) mass is 444 g/mol. The Labute approximate surface area is 191 Å². The van der Waals surface area contributed by atoms with Gasteiger partial charge >= 0.3 is 0 Å². The fourth-order valence-electron chi connectivity index (χ4n) is 3.33. The summed E-state index contributed by atoms with van der Waals surface area (Å²) in [6.07, 6.45) is 1.73. The van der Waals surface area contributed by atoms with Crippen LogP contribution < -0.4 is 5.32 Å². The van der Waals surface area contributed by atoms with Gasteiger partial charge in [0.2, 0.25) is 0 Å². The van der Waals surface area contributed by atoms with Crippen LogP contribution in [0.5, 0.6) is 0 Å². The van der Waals surface area contributed by atoms with Crippen molar-refractivity contribution in [3.63, 3.8) is 0 Å². The van der Waals surface area contributed by atoms with Crippen LogP contribution in [0.3, 0.4) is 0 Å². The van der Waals surface area contributed by atoms with Crippen molar-refractivity contribution in [1.82, 2.24) is 14.7 Å². The highest BCUT2D eigenvalue weighted by Crippen LogP contribution is 2.24. The molecule has 0 bridgehead atoms. The molecule has 1 N–H and O–H groups in total. The summed E-state index contributed by atoms with van der Waals surface area (Å²) in [6.45, 7) is 0. The van der Waals surface area contributed by atoms with Crippen molar-refractivity contribution in [2.45, 2.75) is 0 Å². The van der Waals surface area contributed by atoms with Crippen LogP contribution in [0.15, 0.2) is 85.1 Å². The zero-order valence-corrected chi connectivity index (χ0v) is 18.4. The van der Waals surface area contributed by atoms with E-state index in [9.17, 15) is 9.59 Å². The van der Waals surface area contributed by atoms with E-state index in [-0.39, 0.29) is 16.8 Å². The van der Waals surface area contributed by atoms with Gasteiger partial charge < -0.3 is 10.2 Å². The van der Waals surface area contributed by atoms with E-state index in [1.165, 1.54) is 4.90 Å². The van der Waals surface area contributed by atoms with E-state index < -0.39 is 0 Å². The number of hydrogen-bond acceptors (Lipinski definition) is 3. The molecule has 0 saturated carbocycles. The first kappa shape index (κ1) is 21.3. The van der Waals surface area contributed by atoms with Crippen LogP contribution in [-0.4, -0.2) is 40.6 Å². The molecule has 0 saturated heterocycles. The average molecular weight is 445 g/mol. The standard InChI is InChI=1S/C25H21ClN4O2/c1-29(2)25(32)21-12-11-19(16-22(21)26)28-24(31)18-9-6-10-20(15-18)30-23(13-14-27-30)17-7-4-3-5-8-17/h3-16H,1-2H3,(H,28,31). The first-order chi connectivity index (χ1) is 15.4. The summed E-state index contributed by atoms with van der Waals surface area (Å²) >= 11 is 6.26. The molecule has 0 aliphatic heterocycles. The summed E-state index contributed by atoms with van der Waals surface area (Å²) in [5, 5.41) is 7.54. The largest absolute Gasteiger partial charge is 0.345 e. The van der Waals surface area contributed by atoms with Crippen LogP contribution in [0.25, 0.3) is 16.9 Å². The molecule has 0 unspecified atom stereocenters. The van der Waals surface area contributed by atoms with Gasteiger partial charge in [-0.15, -0.1) is 0 Å². The minimum Gasteiger partial charge on any atom is -0.345 e. The Bertz CT molecular complexity index is 1280. The summed E-state index contributed by atoms with van der Waals surface area (Å²) in [5.74, 6) is -0.489. The highest BCUT2D eigenvalue weighted by molar-refractivity contribution is 6.34. The number of nitrogens with one attached hydrogen (secondary N) is 1. The third-order valence-electron chi connectivity index (χ3n) is 4.93. The van der Waals surface area contributed by atoms with Gasteiger partial charge in [0.15, 0.2) is 0 Å². The normalized spacial score (nSPS) is 10.6. The van der Waals surface area contributed by atoms with Crippen LogP contribution in [0.2, 0.25) is 5.02 Å². The van der Waals surface area contributed by atoms with Gasteiger partial charge in [0, 0.05) is 30.9 Å². The van der Waals surface area contributed by atoms with Crippen LogP contribution >= 0.6 is 11.6 Å². The van der Waals surface area contributed by atoms with Gasteiger partial charge in [-0.1, -0.05) is 48.0 Å². The molecule has 4 aromatic rings. The van der Waals surface area contributed by atoms with Gasteiger partial charge in [-0.2, -0.15) is 5.10 Å². The molecule has 2 amide bonds. The molecule has 3 aromatic carbocycles. The number of nitrogens with zero attached hydrogens (tertiary/aromatic N) is 3. The average Bonchev–Trinajstić information content (AvgIpc) is 3.29. The van der Waals surface area contributed by atoms with E-state index in [0.717, 1.165) is 16.9 Å². The molecule has 0 atom stereocenters. The van der Waals surface area contributed by atoms with Gasteiger partial charge in [0.1, 0.15) is 0 Å². The van der Waals surface area contributed by atoms with Crippen LogP contribution in [-0.2, 0) is 0 Å². The van der Waals surface area contributed by atoms with Gasteiger partial charge in [-0.05, 0) is 42.5 Å². The number of hydrogen-bond donors (Lipinski definition) is 1. The summed E-state index contributed by atoms with van der Waals surface area (Å²) < 4.78 is 1.80. The maximum absolute atomic E-state index is 12.9. The lowest BCUT2D eigenvalue weighted by molar-refractivity contribution is 0.0827. The Morgan fingerprint density at radius 2 is 1.72 bits per heavy atom. The van der Waals surface area contributed by atoms with Gasteiger partial charge in [-0.25, -0.2) is 4.68 Å². The molecule has 32 heavy (non-hydrogen) atoms. The number of halogens is 1. The quantitative estimate of drug-likeness (QED) is 0.463. The molecular formula is C25H21ClN4O2. The van der Waals surface area contributed by atoms with E-state index in [4.69, 9.17) is 11.6 Å². The fraction of sp³-hybridized carbons (Fsp3) is 0.0800. The van der Waals surface area contributed by atoms with Crippen molar-refractivity contribution in [3.05, 3.63) is 101 Å². The SMILES string of the molecule is CN(C)C(=O)c1ccc(NC(=O)c2cccc(-n3nccc3-c3ccccc3)c2)cc1Cl. The second kappa shape index (κ2) is 9.08. The second-order valence-electron chi connectivity index (χ2n) is 7.39. The van der Waals surface area contributed by atoms with Crippen molar-refractivity contribution in [1.29, 1.82) is 0 Å². The van der Waals surface area contributed by atoms with Crippen LogP contribution in [0, 0.1) is 0 Å². The molecule has 0 aliphatic carbocycles. The summed E-state index contributed by atoms with van der Waals surface area (Å²) in [7, 11) is 3.31.